The first kappa shape index (κ1) is 11.5. The van der Waals surface area contributed by atoms with Crippen LogP contribution in [0.4, 0.5) is 0 Å². The largest absolute Gasteiger partial charge is 0.496 e. The van der Waals surface area contributed by atoms with Crippen LogP contribution in [0.1, 0.15) is 11.5 Å². The first-order valence-electron chi connectivity index (χ1n) is 4.96. The van der Waals surface area contributed by atoms with Crippen molar-refractivity contribution in [3.63, 3.8) is 0 Å². The molecule has 0 spiro atoms. The Morgan fingerprint density at radius 2 is 2.24 bits per heavy atom. The molecule has 0 atom stereocenters. The third-order valence-corrected chi connectivity index (χ3v) is 2.64. The van der Waals surface area contributed by atoms with Gasteiger partial charge < -0.3 is 9.72 Å². The van der Waals surface area contributed by atoms with E-state index in [1.165, 1.54) is 0 Å². The Labute approximate surface area is 104 Å². The summed E-state index contributed by atoms with van der Waals surface area (Å²) in [7, 11) is 1.58. The quantitative estimate of drug-likeness (QED) is 0.888. The summed E-state index contributed by atoms with van der Waals surface area (Å²) in [6, 6.07) is 7.26. The number of hydrogen-bond donors (Lipinski definition) is 1. The van der Waals surface area contributed by atoms with Crippen molar-refractivity contribution in [2.75, 3.05) is 7.11 Å². The summed E-state index contributed by atoms with van der Waals surface area (Å²) in [4.78, 5) is 7.09. The van der Waals surface area contributed by atoms with Gasteiger partial charge in [0.25, 0.3) is 0 Å². The highest BCUT2D eigenvalue weighted by molar-refractivity contribution is 6.31. The average Bonchev–Trinajstić information content (AvgIpc) is 2.70. The third kappa shape index (κ3) is 2.10. The summed E-state index contributed by atoms with van der Waals surface area (Å²) >= 11 is 5.96. The number of aryl methyl sites for hydroxylation is 1. The molecular weight excluding hydrogens is 238 g/mol. The second-order valence-electron chi connectivity index (χ2n) is 3.52. The molecule has 0 saturated heterocycles. The number of H-pyrrole nitrogens is 1. The minimum absolute atomic E-state index is 0.277. The lowest BCUT2D eigenvalue weighted by Crippen LogP contribution is -1.89. The summed E-state index contributed by atoms with van der Waals surface area (Å²) in [5.74, 6) is 0.952. The van der Waals surface area contributed by atoms with E-state index in [1.54, 1.807) is 25.3 Å². The minimum atomic E-state index is 0.277. The zero-order chi connectivity index (χ0) is 12.4. The summed E-state index contributed by atoms with van der Waals surface area (Å²) in [6.45, 7) is 1.85. The van der Waals surface area contributed by atoms with Gasteiger partial charge in [-0.2, -0.15) is 5.26 Å². The molecule has 4 nitrogen and oxygen atoms in total. The number of ether oxygens (including phenoxy) is 1. The molecular formula is C12H10ClN3O. The van der Waals surface area contributed by atoms with Crippen LogP contribution < -0.4 is 4.74 Å². The maximum absolute atomic E-state index is 8.80. The van der Waals surface area contributed by atoms with Gasteiger partial charge in [0, 0.05) is 16.3 Å². The topological polar surface area (TPSA) is 61.7 Å². The molecule has 0 unspecified atom stereocenters. The molecule has 0 aliphatic carbocycles. The van der Waals surface area contributed by atoms with E-state index in [4.69, 9.17) is 21.6 Å². The van der Waals surface area contributed by atoms with Gasteiger partial charge in [0.15, 0.2) is 0 Å². The molecule has 0 aliphatic heterocycles. The first-order chi connectivity index (χ1) is 8.15. The van der Waals surface area contributed by atoms with E-state index in [-0.39, 0.29) is 5.82 Å². The number of rotatable bonds is 2. The van der Waals surface area contributed by atoms with Gasteiger partial charge >= 0.3 is 0 Å². The Bertz CT molecular complexity index is 598. The number of nitrogens with one attached hydrogen (secondary N) is 1. The van der Waals surface area contributed by atoms with Crippen molar-refractivity contribution in [3.05, 3.63) is 34.7 Å². The Morgan fingerprint density at radius 1 is 1.47 bits per heavy atom. The molecule has 2 rings (SSSR count). The van der Waals surface area contributed by atoms with Gasteiger partial charge in [0.05, 0.1) is 12.8 Å². The summed E-state index contributed by atoms with van der Waals surface area (Å²) < 4.78 is 5.26. The van der Waals surface area contributed by atoms with Crippen molar-refractivity contribution >= 4 is 11.6 Å². The fourth-order valence-electron chi connectivity index (χ4n) is 1.64. The predicted octanol–water partition coefficient (Wildman–Crippen LogP) is 2.92. The fraction of sp³-hybridized carbons (Fsp3) is 0.167. The molecule has 86 valence electrons. The highest BCUT2D eigenvalue weighted by atomic mass is 35.5. The van der Waals surface area contributed by atoms with Gasteiger partial charge in [0.1, 0.15) is 11.8 Å². The Balaban J connectivity index is 2.63. The van der Waals surface area contributed by atoms with Crippen molar-refractivity contribution in [2.45, 2.75) is 6.92 Å². The van der Waals surface area contributed by atoms with Crippen molar-refractivity contribution in [3.8, 4) is 23.1 Å². The van der Waals surface area contributed by atoms with Crippen molar-refractivity contribution in [1.29, 1.82) is 5.26 Å². The lowest BCUT2D eigenvalue weighted by molar-refractivity contribution is 0.416. The molecule has 0 bridgehead atoms. The van der Waals surface area contributed by atoms with E-state index >= 15 is 0 Å². The fourth-order valence-corrected chi connectivity index (χ4v) is 1.81. The second kappa shape index (κ2) is 4.48. The van der Waals surface area contributed by atoms with Gasteiger partial charge in [-0.15, -0.1) is 0 Å². The zero-order valence-corrected chi connectivity index (χ0v) is 10.2. The number of hydrogen-bond acceptors (Lipinski definition) is 3. The smallest absolute Gasteiger partial charge is 0.210 e. The predicted molar refractivity (Wildman–Crippen MR) is 65.0 cm³/mol. The van der Waals surface area contributed by atoms with Crippen molar-refractivity contribution < 1.29 is 4.74 Å². The molecule has 2 aromatic rings. The van der Waals surface area contributed by atoms with Crippen LogP contribution in [0, 0.1) is 18.3 Å². The summed E-state index contributed by atoms with van der Waals surface area (Å²) in [5.41, 5.74) is 2.26. The van der Waals surface area contributed by atoms with Crippen LogP contribution in [0.2, 0.25) is 5.02 Å². The molecule has 1 heterocycles. The van der Waals surface area contributed by atoms with Crippen LogP contribution >= 0.6 is 11.6 Å². The van der Waals surface area contributed by atoms with Gasteiger partial charge in [-0.25, -0.2) is 4.98 Å². The molecule has 0 aliphatic rings. The maximum Gasteiger partial charge on any atom is 0.210 e. The third-order valence-electron chi connectivity index (χ3n) is 2.41. The van der Waals surface area contributed by atoms with E-state index in [2.05, 4.69) is 9.97 Å². The standard InChI is InChI=1S/C12H10ClN3O/c1-7-12(16-11(6-14)15-7)9-5-8(13)3-4-10(9)17-2/h3-5H,1-2H3,(H,15,16). The lowest BCUT2D eigenvalue weighted by Gasteiger charge is -2.07. The summed E-state index contributed by atoms with van der Waals surface area (Å²) in [6.07, 6.45) is 0. The average molecular weight is 248 g/mol. The highest BCUT2D eigenvalue weighted by Gasteiger charge is 2.13. The molecule has 1 N–H and O–H groups in total. The first-order valence-corrected chi connectivity index (χ1v) is 5.34. The van der Waals surface area contributed by atoms with Crippen LogP contribution in [-0.4, -0.2) is 17.1 Å². The van der Waals surface area contributed by atoms with E-state index in [1.807, 2.05) is 13.0 Å². The van der Waals surface area contributed by atoms with E-state index in [9.17, 15) is 0 Å². The summed E-state index contributed by atoms with van der Waals surface area (Å²) in [5, 5.41) is 9.40. The van der Waals surface area contributed by atoms with Gasteiger partial charge in [-0.3, -0.25) is 0 Å². The monoisotopic (exact) mass is 247 g/mol. The molecule has 17 heavy (non-hydrogen) atoms. The van der Waals surface area contributed by atoms with Crippen molar-refractivity contribution in [1.82, 2.24) is 9.97 Å². The molecule has 5 heteroatoms. The van der Waals surface area contributed by atoms with E-state index in [0.29, 0.717) is 16.5 Å². The zero-order valence-electron chi connectivity index (χ0n) is 9.41. The molecule has 0 amide bonds. The Morgan fingerprint density at radius 3 is 2.82 bits per heavy atom. The van der Waals surface area contributed by atoms with Gasteiger partial charge in [-0.05, 0) is 25.1 Å². The van der Waals surface area contributed by atoms with Gasteiger partial charge in [0.2, 0.25) is 5.82 Å². The van der Waals surface area contributed by atoms with Crippen LogP contribution in [0.3, 0.4) is 0 Å². The minimum Gasteiger partial charge on any atom is -0.496 e. The van der Waals surface area contributed by atoms with Crippen molar-refractivity contribution in [2.24, 2.45) is 0 Å². The Kier molecular flexibility index (Phi) is 3.03. The highest BCUT2D eigenvalue weighted by Crippen LogP contribution is 2.33. The SMILES string of the molecule is COc1ccc(Cl)cc1-c1nc(C#N)[nH]c1C. The number of halogens is 1. The number of aromatic amines is 1. The Hall–Kier alpha value is -1.99. The lowest BCUT2D eigenvalue weighted by atomic mass is 10.1. The molecule has 0 saturated carbocycles. The van der Waals surface area contributed by atoms with Gasteiger partial charge in [-0.1, -0.05) is 11.6 Å². The number of nitriles is 1. The maximum atomic E-state index is 8.80. The number of aromatic nitrogens is 2. The normalized spacial score (nSPS) is 10.0. The molecule has 0 fully saturated rings. The van der Waals surface area contributed by atoms with Crippen LogP contribution in [0.25, 0.3) is 11.3 Å². The van der Waals surface area contributed by atoms with E-state index in [0.717, 1.165) is 11.3 Å². The molecule has 0 radical (unpaired) electrons. The van der Waals surface area contributed by atoms with Crippen LogP contribution in [0.5, 0.6) is 5.75 Å². The number of benzene rings is 1. The number of nitrogens with zero attached hydrogens (tertiary/aromatic N) is 2. The number of methoxy groups -OCH3 is 1. The number of imidazole rings is 1. The van der Waals surface area contributed by atoms with Crippen LogP contribution in [-0.2, 0) is 0 Å². The molecule has 1 aromatic carbocycles. The van der Waals surface area contributed by atoms with E-state index < -0.39 is 0 Å². The van der Waals surface area contributed by atoms with Crippen LogP contribution in [0.15, 0.2) is 18.2 Å². The molecule has 1 aromatic heterocycles. The second-order valence-corrected chi connectivity index (χ2v) is 3.95.